The Morgan fingerprint density at radius 3 is 2.45 bits per heavy atom. The van der Waals surface area contributed by atoms with Crippen LogP contribution in [0.4, 0.5) is 10.5 Å². The number of ether oxygens (including phenoxy) is 1. The minimum atomic E-state index is -3.79. The monoisotopic (exact) mass is 439 g/mol. The number of pyridine rings is 1. The van der Waals surface area contributed by atoms with Gasteiger partial charge in [-0.2, -0.15) is 0 Å². The number of methoxy groups -OCH3 is 1. The molecular weight excluding hydrogens is 418 g/mol. The molecule has 2 N–H and O–H groups in total. The molecule has 10 heteroatoms. The number of sulfone groups is 1. The van der Waals surface area contributed by atoms with Crippen molar-refractivity contribution >= 4 is 21.6 Å². The number of aromatic nitrogens is 3. The molecule has 1 unspecified atom stereocenters. The molecule has 2 amide bonds. The van der Waals surface area contributed by atoms with Gasteiger partial charge in [-0.3, -0.25) is 4.98 Å². The topological polar surface area (TPSA) is 123 Å². The van der Waals surface area contributed by atoms with E-state index in [9.17, 15) is 13.2 Å². The van der Waals surface area contributed by atoms with Gasteiger partial charge < -0.3 is 15.4 Å². The Labute approximate surface area is 180 Å². The van der Waals surface area contributed by atoms with Gasteiger partial charge in [0, 0.05) is 42.6 Å². The molecule has 0 saturated carbocycles. The highest BCUT2D eigenvalue weighted by Gasteiger charge is 2.27. The van der Waals surface area contributed by atoms with Crippen LogP contribution in [0.25, 0.3) is 0 Å². The molecule has 1 atom stereocenters. The average molecular weight is 439 g/mol. The predicted molar refractivity (Wildman–Crippen MR) is 115 cm³/mol. The van der Waals surface area contributed by atoms with Crippen LogP contribution in [0.2, 0.25) is 0 Å². The molecule has 2 aromatic heterocycles. The van der Waals surface area contributed by atoms with Gasteiger partial charge in [-0.1, -0.05) is 12.1 Å². The summed E-state index contributed by atoms with van der Waals surface area (Å²) in [4.78, 5) is 24.0. The van der Waals surface area contributed by atoms with Crippen molar-refractivity contribution in [3.8, 4) is 6.01 Å². The number of rotatable bonds is 8. The molecule has 160 valence electrons. The number of carbonyl (C=O) groups excluding carboxylic acids is 1. The second-order valence-electron chi connectivity index (χ2n) is 6.40. The Balaban J connectivity index is 1.68. The van der Waals surface area contributed by atoms with E-state index in [2.05, 4.69) is 32.2 Å². The molecule has 9 nitrogen and oxygen atoms in total. The zero-order valence-electron chi connectivity index (χ0n) is 16.7. The van der Waals surface area contributed by atoms with Crippen LogP contribution >= 0.6 is 0 Å². The van der Waals surface area contributed by atoms with Crippen molar-refractivity contribution in [1.29, 1.82) is 0 Å². The van der Waals surface area contributed by atoms with E-state index in [1.165, 1.54) is 49.8 Å². The van der Waals surface area contributed by atoms with E-state index in [4.69, 9.17) is 4.74 Å². The maximum Gasteiger partial charge on any atom is 0.319 e. The molecule has 0 saturated heterocycles. The number of urea groups is 1. The fourth-order valence-corrected chi connectivity index (χ4v) is 4.30. The number of carbonyl (C=O) groups is 1. The molecule has 0 fully saturated rings. The van der Waals surface area contributed by atoms with Gasteiger partial charge in [0.1, 0.15) is 5.25 Å². The number of amides is 2. The normalized spacial score (nSPS) is 11.9. The summed E-state index contributed by atoms with van der Waals surface area (Å²) in [6.45, 7) is 3.96. The summed E-state index contributed by atoms with van der Waals surface area (Å²) in [6, 6.07) is 9.22. The van der Waals surface area contributed by atoms with Crippen molar-refractivity contribution in [2.45, 2.75) is 16.7 Å². The van der Waals surface area contributed by atoms with Crippen molar-refractivity contribution in [2.24, 2.45) is 0 Å². The third-order valence-electron chi connectivity index (χ3n) is 4.32. The van der Waals surface area contributed by atoms with E-state index >= 15 is 0 Å². The average Bonchev–Trinajstić information content (AvgIpc) is 2.79. The van der Waals surface area contributed by atoms with E-state index in [0.29, 0.717) is 17.8 Å². The number of nitrogens with zero attached hydrogens (tertiary/aromatic N) is 3. The third-order valence-corrected chi connectivity index (χ3v) is 6.39. The highest BCUT2D eigenvalue weighted by atomic mass is 32.2. The fraction of sp³-hybridized carbons (Fsp3) is 0.143. The molecule has 0 aliphatic rings. The Morgan fingerprint density at radius 1 is 1.16 bits per heavy atom. The van der Waals surface area contributed by atoms with Gasteiger partial charge in [-0.05, 0) is 35.9 Å². The summed E-state index contributed by atoms with van der Waals surface area (Å²) in [5.41, 5.74) is 1.68. The Bertz CT molecular complexity index is 1130. The van der Waals surface area contributed by atoms with Crippen molar-refractivity contribution in [3.63, 3.8) is 0 Å². The van der Waals surface area contributed by atoms with Gasteiger partial charge in [0.15, 0.2) is 9.84 Å². The van der Waals surface area contributed by atoms with Crippen LogP contribution in [0, 0.1) is 0 Å². The molecule has 31 heavy (non-hydrogen) atoms. The van der Waals surface area contributed by atoms with Gasteiger partial charge in [0.25, 0.3) is 0 Å². The van der Waals surface area contributed by atoms with Gasteiger partial charge >= 0.3 is 12.0 Å². The largest absolute Gasteiger partial charge is 0.467 e. The number of hydrogen-bond donors (Lipinski definition) is 2. The molecule has 0 radical (unpaired) electrons. The first-order valence-electron chi connectivity index (χ1n) is 9.20. The van der Waals surface area contributed by atoms with Crippen LogP contribution in [-0.2, 0) is 16.4 Å². The van der Waals surface area contributed by atoms with Crippen LogP contribution in [0.1, 0.15) is 16.4 Å². The SMILES string of the molecule is C=CC(c1cnc(OC)nc1)S(=O)(=O)c1ccc(NC(=O)NCc2cccnc2)cc1. The molecular formula is C21H21N5O4S. The molecule has 1 aromatic carbocycles. The van der Waals surface area contributed by atoms with Crippen LogP contribution in [0.15, 0.2) is 78.7 Å². The molecule has 0 aliphatic heterocycles. The van der Waals surface area contributed by atoms with Crippen LogP contribution in [0.3, 0.4) is 0 Å². The number of hydrogen-bond acceptors (Lipinski definition) is 7. The fourth-order valence-electron chi connectivity index (χ4n) is 2.76. The summed E-state index contributed by atoms with van der Waals surface area (Å²) in [6.07, 6.45) is 7.40. The lowest BCUT2D eigenvalue weighted by atomic mass is 10.2. The van der Waals surface area contributed by atoms with Crippen LogP contribution in [0.5, 0.6) is 6.01 Å². The third kappa shape index (κ3) is 5.43. The quantitative estimate of drug-likeness (QED) is 0.517. The van der Waals surface area contributed by atoms with E-state index < -0.39 is 21.1 Å². The minimum absolute atomic E-state index is 0.0783. The smallest absolute Gasteiger partial charge is 0.319 e. The molecule has 0 bridgehead atoms. The number of benzene rings is 1. The zero-order valence-corrected chi connectivity index (χ0v) is 17.5. The minimum Gasteiger partial charge on any atom is -0.467 e. The van der Waals surface area contributed by atoms with Crippen LogP contribution < -0.4 is 15.4 Å². The number of nitrogens with one attached hydrogen (secondary N) is 2. The van der Waals surface area contributed by atoms with Crippen molar-refractivity contribution in [1.82, 2.24) is 20.3 Å². The molecule has 0 spiro atoms. The zero-order chi connectivity index (χ0) is 22.3. The molecule has 0 aliphatic carbocycles. The summed E-state index contributed by atoms with van der Waals surface area (Å²) in [5, 5.41) is 4.34. The van der Waals surface area contributed by atoms with Crippen molar-refractivity contribution in [2.75, 3.05) is 12.4 Å². The first kappa shape index (κ1) is 21.9. The standard InChI is InChI=1S/C21H21N5O4S/c1-3-19(16-13-24-21(30-2)25-14-16)31(28,29)18-8-6-17(7-9-18)26-20(27)23-12-15-5-4-10-22-11-15/h3-11,13-14,19H,1,12H2,2H3,(H2,23,26,27). The van der Waals surface area contributed by atoms with Crippen molar-refractivity contribution < 1.29 is 17.9 Å². The second-order valence-corrected chi connectivity index (χ2v) is 8.47. The maximum absolute atomic E-state index is 13.0. The molecule has 2 heterocycles. The summed E-state index contributed by atoms with van der Waals surface area (Å²) in [5.74, 6) is 0. The molecule has 3 rings (SSSR count). The van der Waals surface area contributed by atoms with Gasteiger partial charge in [-0.15, -0.1) is 6.58 Å². The lowest BCUT2D eigenvalue weighted by Crippen LogP contribution is -2.28. The first-order chi connectivity index (χ1) is 14.9. The highest BCUT2D eigenvalue weighted by Crippen LogP contribution is 2.30. The van der Waals surface area contributed by atoms with Crippen LogP contribution in [-0.4, -0.2) is 36.5 Å². The lowest BCUT2D eigenvalue weighted by molar-refractivity contribution is 0.251. The first-order valence-corrected chi connectivity index (χ1v) is 10.7. The second kappa shape index (κ2) is 9.81. The maximum atomic E-state index is 13.0. The van der Waals surface area contributed by atoms with E-state index in [1.807, 2.05) is 6.07 Å². The summed E-state index contributed by atoms with van der Waals surface area (Å²) < 4.78 is 31.0. The Morgan fingerprint density at radius 2 is 1.87 bits per heavy atom. The van der Waals surface area contributed by atoms with E-state index in [1.54, 1.807) is 18.5 Å². The number of anilines is 1. The van der Waals surface area contributed by atoms with Gasteiger partial charge in [0.05, 0.1) is 12.0 Å². The Kier molecular flexibility index (Phi) is 6.93. The van der Waals surface area contributed by atoms with E-state index in [-0.39, 0.29) is 10.9 Å². The van der Waals surface area contributed by atoms with Gasteiger partial charge in [0.2, 0.25) is 0 Å². The summed E-state index contributed by atoms with van der Waals surface area (Å²) >= 11 is 0. The van der Waals surface area contributed by atoms with E-state index in [0.717, 1.165) is 5.56 Å². The van der Waals surface area contributed by atoms with Gasteiger partial charge in [-0.25, -0.2) is 23.2 Å². The Hall–Kier alpha value is -3.79. The lowest BCUT2D eigenvalue weighted by Gasteiger charge is -2.14. The van der Waals surface area contributed by atoms with Crippen molar-refractivity contribution in [3.05, 3.63) is 85.0 Å². The summed E-state index contributed by atoms with van der Waals surface area (Å²) in [7, 11) is -2.37. The predicted octanol–water partition coefficient (Wildman–Crippen LogP) is 2.90. The highest BCUT2D eigenvalue weighted by molar-refractivity contribution is 7.91. The molecule has 3 aromatic rings.